The topological polar surface area (TPSA) is 20.2 Å². The molecule has 0 aromatic heterocycles. The van der Waals surface area contributed by atoms with Crippen LogP contribution in [0, 0.1) is 0 Å². The molecule has 0 aliphatic rings. The number of aliphatic hydroxyl groups excluding tert-OH is 1. The van der Waals surface area contributed by atoms with E-state index in [1.165, 1.54) is 6.07 Å². The zero-order valence-electron chi connectivity index (χ0n) is 7.98. The van der Waals surface area contributed by atoms with E-state index in [-0.39, 0.29) is 0 Å². The largest absolute Gasteiger partial charge is 0.416 e. The first-order chi connectivity index (χ1) is 6.80. The van der Waals surface area contributed by atoms with Gasteiger partial charge in [-0.3, -0.25) is 0 Å². The Hall–Kier alpha value is -0.550. The van der Waals surface area contributed by atoms with Crippen LogP contribution in [0.4, 0.5) is 13.2 Å². The number of rotatable bonds is 2. The maximum absolute atomic E-state index is 12.3. The number of aliphatic hydroxyl groups is 1. The molecule has 0 aliphatic carbocycles. The van der Waals surface area contributed by atoms with Gasteiger partial charge >= 0.3 is 6.18 Å². The highest BCUT2D eigenvalue weighted by Crippen LogP contribution is 2.32. The summed E-state index contributed by atoms with van der Waals surface area (Å²) in [5.74, 6) is 0. The van der Waals surface area contributed by atoms with Crippen LogP contribution in [0.25, 0.3) is 0 Å². The molecule has 0 radical (unpaired) electrons. The molecule has 0 aliphatic heterocycles. The fourth-order valence-corrected chi connectivity index (χ4v) is 1.75. The third-order valence-corrected chi connectivity index (χ3v) is 2.63. The average molecular weight is 283 g/mol. The number of hydrogen-bond donors (Lipinski definition) is 1. The molecular formula is C10H10BrF3O. The molecule has 0 heterocycles. The second-order valence-electron chi connectivity index (χ2n) is 3.36. The van der Waals surface area contributed by atoms with E-state index in [1.54, 1.807) is 6.92 Å². The van der Waals surface area contributed by atoms with Gasteiger partial charge in [-0.1, -0.05) is 22.0 Å². The second kappa shape index (κ2) is 4.53. The Balaban J connectivity index is 2.98. The molecule has 0 amide bonds. The molecular weight excluding hydrogens is 273 g/mol. The van der Waals surface area contributed by atoms with E-state index in [0.717, 1.165) is 12.1 Å². The maximum atomic E-state index is 12.3. The summed E-state index contributed by atoms with van der Waals surface area (Å²) >= 11 is 3.06. The summed E-state index contributed by atoms with van der Waals surface area (Å²) in [6.45, 7) is 1.59. The normalized spacial score (nSPS) is 14.0. The average Bonchev–Trinajstić information content (AvgIpc) is 2.05. The van der Waals surface area contributed by atoms with Gasteiger partial charge in [0.25, 0.3) is 0 Å². The van der Waals surface area contributed by atoms with Crippen molar-refractivity contribution in [3.8, 4) is 0 Å². The maximum Gasteiger partial charge on any atom is 0.416 e. The summed E-state index contributed by atoms with van der Waals surface area (Å²) in [6, 6.07) is 3.42. The smallest absolute Gasteiger partial charge is 0.393 e. The predicted octanol–water partition coefficient (Wildman–Crippen LogP) is 3.39. The Bertz CT molecular complexity index is 347. The number of benzene rings is 1. The molecule has 5 heteroatoms. The first-order valence-corrected chi connectivity index (χ1v) is 5.13. The van der Waals surface area contributed by atoms with Gasteiger partial charge in [-0.25, -0.2) is 0 Å². The van der Waals surface area contributed by atoms with E-state index in [4.69, 9.17) is 5.11 Å². The van der Waals surface area contributed by atoms with E-state index in [9.17, 15) is 13.2 Å². The van der Waals surface area contributed by atoms with Crippen LogP contribution in [0.1, 0.15) is 18.1 Å². The van der Waals surface area contributed by atoms with Crippen molar-refractivity contribution < 1.29 is 18.3 Å². The van der Waals surface area contributed by atoms with Gasteiger partial charge in [0.15, 0.2) is 0 Å². The van der Waals surface area contributed by atoms with E-state index in [2.05, 4.69) is 15.9 Å². The minimum atomic E-state index is -4.33. The van der Waals surface area contributed by atoms with Crippen molar-refractivity contribution in [1.29, 1.82) is 0 Å². The molecule has 0 saturated carbocycles. The molecule has 1 aromatic carbocycles. The molecule has 1 aromatic rings. The lowest BCUT2D eigenvalue weighted by Gasteiger charge is -2.11. The summed E-state index contributed by atoms with van der Waals surface area (Å²) in [5.41, 5.74) is -0.0262. The zero-order valence-corrected chi connectivity index (χ0v) is 9.56. The van der Waals surface area contributed by atoms with Crippen molar-refractivity contribution in [3.05, 3.63) is 33.8 Å². The first-order valence-electron chi connectivity index (χ1n) is 4.34. The van der Waals surface area contributed by atoms with Gasteiger partial charge in [0, 0.05) is 4.47 Å². The summed E-state index contributed by atoms with van der Waals surface area (Å²) in [7, 11) is 0. The summed E-state index contributed by atoms with van der Waals surface area (Å²) < 4.78 is 37.2. The summed E-state index contributed by atoms with van der Waals surface area (Å²) in [5, 5.41) is 9.12. The van der Waals surface area contributed by atoms with Gasteiger partial charge in [-0.15, -0.1) is 0 Å². The molecule has 1 nitrogen and oxygen atoms in total. The molecule has 0 spiro atoms. The summed E-state index contributed by atoms with van der Waals surface area (Å²) in [4.78, 5) is 0. The predicted molar refractivity (Wildman–Crippen MR) is 54.5 cm³/mol. The molecule has 1 rings (SSSR count). The highest BCUT2D eigenvalue weighted by atomic mass is 79.9. The van der Waals surface area contributed by atoms with Crippen molar-refractivity contribution in [2.75, 3.05) is 0 Å². The second-order valence-corrected chi connectivity index (χ2v) is 4.21. The fraction of sp³-hybridized carbons (Fsp3) is 0.400. The Kier molecular flexibility index (Phi) is 3.78. The minimum Gasteiger partial charge on any atom is -0.393 e. The van der Waals surface area contributed by atoms with Crippen molar-refractivity contribution in [2.24, 2.45) is 0 Å². The van der Waals surface area contributed by atoms with Crippen LogP contribution in [0.15, 0.2) is 22.7 Å². The highest BCUT2D eigenvalue weighted by Gasteiger charge is 2.30. The Morgan fingerprint density at radius 3 is 2.40 bits per heavy atom. The number of alkyl halides is 3. The lowest BCUT2D eigenvalue weighted by atomic mass is 10.1. The fourth-order valence-electron chi connectivity index (χ4n) is 1.21. The van der Waals surface area contributed by atoms with E-state index in [1.807, 2.05) is 0 Å². The molecule has 0 unspecified atom stereocenters. The van der Waals surface area contributed by atoms with Crippen LogP contribution in [-0.4, -0.2) is 11.2 Å². The molecule has 1 atom stereocenters. The number of halogens is 4. The third-order valence-electron chi connectivity index (χ3n) is 1.90. The van der Waals surface area contributed by atoms with Gasteiger partial charge in [0.1, 0.15) is 0 Å². The van der Waals surface area contributed by atoms with Crippen LogP contribution >= 0.6 is 15.9 Å². The molecule has 0 bridgehead atoms. The van der Waals surface area contributed by atoms with E-state index < -0.39 is 17.8 Å². The zero-order chi connectivity index (χ0) is 11.6. The summed E-state index contributed by atoms with van der Waals surface area (Å²) in [6.07, 6.45) is -4.57. The molecule has 0 saturated heterocycles. The van der Waals surface area contributed by atoms with Gasteiger partial charge < -0.3 is 5.11 Å². The Morgan fingerprint density at radius 1 is 1.40 bits per heavy atom. The van der Waals surface area contributed by atoms with Gasteiger partial charge in [0.05, 0.1) is 11.7 Å². The van der Waals surface area contributed by atoms with Crippen LogP contribution in [0.2, 0.25) is 0 Å². The van der Waals surface area contributed by atoms with Crippen molar-refractivity contribution >= 4 is 15.9 Å². The van der Waals surface area contributed by atoms with Crippen LogP contribution in [0.5, 0.6) is 0 Å². The lowest BCUT2D eigenvalue weighted by Crippen LogP contribution is -2.08. The lowest BCUT2D eigenvalue weighted by molar-refractivity contribution is -0.137. The van der Waals surface area contributed by atoms with Gasteiger partial charge in [-0.05, 0) is 31.0 Å². The Morgan fingerprint density at radius 2 is 2.00 bits per heavy atom. The molecule has 84 valence electrons. The quantitative estimate of drug-likeness (QED) is 0.882. The van der Waals surface area contributed by atoms with Crippen molar-refractivity contribution in [3.63, 3.8) is 0 Å². The minimum absolute atomic E-state index is 0.332. The van der Waals surface area contributed by atoms with Crippen molar-refractivity contribution in [1.82, 2.24) is 0 Å². The molecule has 15 heavy (non-hydrogen) atoms. The van der Waals surface area contributed by atoms with Crippen LogP contribution < -0.4 is 0 Å². The SMILES string of the molecule is C[C@H](O)Cc1ccc(C(F)(F)F)cc1Br. The van der Waals surface area contributed by atoms with Gasteiger partial charge in [-0.2, -0.15) is 13.2 Å². The highest BCUT2D eigenvalue weighted by molar-refractivity contribution is 9.10. The number of hydrogen-bond acceptors (Lipinski definition) is 1. The van der Waals surface area contributed by atoms with E-state index in [0.29, 0.717) is 16.5 Å². The Labute approximate surface area is 94.0 Å². The molecule has 0 fully saturated rings. The molecule has 1 N–H and O–H groups in total. The van der Waals surface area contributed by atoms with Crippen LogP contribution in [-0.2, 0) is 12.6 Å². The monoisotopic (exact) mass is 282 g/mol. The van der Waals surface area contributed by atoms with Crippen LogP contribution in [0.3, 0.4) is 0 Å². The van der Waals surface area contributed by atoms with E-state index >= 15 is 0 Å². The first kappa shape index (κ1) is 12.5. The van der Waals surface area contributed by atoms with Crippen molar-refractivity contribution in [2.45, 2.75) is 25.6 Å². The standard InChI is InChI=1S/C10H10BrF3O/c1-6(15)4-7-2-3-8(5-9(7)11)10(12,13)14/h2-3,5-6,15H,4H2,1H3/t6-/m0/s1. The third kappa shape index (κ3) is 3.50. The van der Waals surface area contributed by atoms with Gasteiger partial charge in [0.2, 0.25) is 0 Å².